The summed E-state index contributed by atoms with van der Waals surface area (Å²) in [5.41, 5.74) is 1.27. The first-order chi connectivity index (χ1) is 8.69. The Hall–Kier alpha value is -2.10. The van der Waals surface area contributed by atoms with E-state index in [2.05, 4.69) is 32.3 Å². The minimum Gasteiger partial charge on any atom is -0.373 e. The van der Waals surface area contributed by atoms with E-state index in [1.807, 2.05) is 45.3 Å². The van der Waals surface area contributed by atoms with Gasteiger partial charge >= 0.3 is 0 Å². The molecule has 18 heavy (non-hydrogen) atoms. The zero-order valence-electron chi connectivity index (χ0n) is 11.0. The maximum absolute atomic E-state index is 4.45. The van der Waals surface area contributed by atoms with Crippen LogP contribution < -0.4 is 10.2 Å². The highest BCUT2D eigenvalue weighted by molar-refractivity contribution is 5.48. The van der Waals surface area contributed by atoms with Gasteiger partial charge < -0.3 is 10.2 Å². The van der Waals surface area contributed by atoms with Crippen LogP contribution in [0, 0.1) is 6.92 Å². The van der Waals surface area contributed by atoms with Crippen LogP contribution in [-0.4, -0.2) is 24.1 Å². The van der Waals surface area contributed by atoms with Gasteiger partial charge in [-0.25, -0.2) is 9.97 Å². The van der Waals surface area contributed by atoms with E-state index >= 15 is 0 Å². The summed E-state index contributed by atoms with van der Waals surface area (Å²) in [4.78, 5) is 10.9. The van der Waals surface area contributed by atoms with E-state index in [9.17, 15) is 0 Å². The standard InChI is InChI=1S/C14H18N4/c1-11-16-13(15-2)9-14(17-11)18(3)10-12-7-5-4-6-8-12/h4-9H,10H2,1-3H3,(H,15,16,17). The molecule has 2 rings (SSSR count). The maximum Gasteiger partial charge on any atom is 0.134 e. The van der Waals surface area contributed by atoms with Crippen molar-refractivity contribution in [2.24, 2.45) is 0 Å². The third-order valence-electron chi connectivity index (χ3n) is 2.73. The molecule has 0 amide bonds. The van der Waals surface area contributed by atoms with Crippen molar-refractivity contribution in [3.63, 3.8) is 0 Å². The van der Waals surface area contributed by atoms with Crippen molar-refractivity contribution in [3.8, 4) is 0 Å². The molecular weight excluding hydrogens is 224 g/mol. The Morgan fingerprint density at radius 3 is 2.56 bits per heavy atom. The fraction of sp³-hybridized carbons (Fsp3) is 0.286. The molecule has 0 saturated carbocycles. The van der Waals surface area contributed by atoms with E-state index < -0.39 is 0 Å². The molecule has 94 valence electrons. The van der Waals surface area contributed by atoms with Gasteiger partial charge in [-0.15, -0.1) is 0 Å². The number of anilines is 2. The molecule has 0 aliphatic heterocycles. The lowest BCUT2D eigenvalue weighted by Crippen LogP contribution is -2.18. The van der Waals surface area contributed by atoms with Gasteiger partial charge in [-0.3, -0.25) is 0 Å². The molecule has 1 N–H and O–H groups in total. The fourth-order valence-electron chi connectivity index (χ4n) is 1.81. The summed E-state index contributed by atoms with van der Waals surface area (Å²) < 4.78 is 0. The Labute approximate surface area is 108 Å². The van der Waals surface area contributed by atoms with Gasteiger partial charge in [-0.1, -0.05) is 30.3 Å². The molecule has 0 saturated heterocycles. The summed E-state index contributed by atoms with van der Waals surface area (Å²) >= 11 is 0. The average Bonchev–Trinajstić information content (AvgIpc) is 2.39. The molecule has 0 aliphatic rings. The van der Waals surface area contributed by atoms with Crippen LogP contribution in [0.2, 0.25) is 0 Å². The first-order valence-corrected chi connectivity index (χ1v) is 5.97. The Morgan fingerprint density at radius 2 is 1.89 bits per heavy atom. The monoisotopic (exact) mass is 242 g/mol. The molecule has 0 bridgehead atoms. The van der Waals surface area contributed by atoms with E-state index in [1.165, 1.54) is 5.56 Å². The van der Waals surface area contributed by atoms with E-state index in [1.54, 1.807) is 0 Å². The van der Waals surface area contributed by atoms with Crippen molar-refractivity contribution in [2.75, 3.05) is 24.3 Å². The van der Waals surface area contributed by atoms with Crippen LogP contribution in [0.3, 0.4) is 0 Å². The highest BCUT2D eigenvalue weighted by Crippen LogP contribution is 2.16. The number of benzene rings is 1. The Morgan fingerprint density at radius 1 is 1.17 bits per heavy atom. The number of aromatic nitrogens is 2. The van der Waals surface area contributed by atoms with Crippen LogP contribution in [0.15, 0.2) is 36.4 Å². The second-order valence-electron chi connectivity index (χ2n) is 4.25. The van der Waals surface area contributed by atoms with Crippen LogP contribution in [0.5, 0.6) is 0 Å². The Kier molecular flexibility index (Phi) is 3.77. The van der Waals surface area contributed by atoms with Crippen LogP contribution in [0.4, 0.5) is 11.6 Å². The third kappa shape index (κ3) is 2.97. The van der Waals surface area contributed by atoms with E-state index in [4.69, 9.17) is 0 Å². The van der Waals surface area contributed by atoms with Crippen molar-refractivity contribution in [3.05, 3.63) is 47.8 Å². The highest BCUT2D eigenvalue weighted by Gasteiger charge is 2.06. The van der Waals surface area contributed by atoms with Crippen molar-refractivity contribution >= 4 is 11.6 Å². The van der Waals surface area contributed by atoms with Gasteiger partial charge in [0, 0.05) is 26.7 Å². The van der Waals surface area contributed by atoms with E-state index in [-0.39, 0.29) is 0 Å². The second-order valence-corrected chi connectivity index (χ2v) is 4.25. The second kappa shape index (κ2) is 5.49. The molecule has 1 aromatic carbocycles. The molecule has 0 fully saturated rings. The topological polar surface area (TPSA) is 41.0 Å². The smallest absolute Gasteiger partial charge is 0.134 e. The van der Waals surface area contributed by atoms with Crippen molar-refractivity contribution in [1.29, 1.82) is 0 Å². The van der Waals surface area contributed by atoms with Gasteiger partial charge in [-0.2, -0.15) is 0 Å². The molecule has 1 heterocycles. The van der Waals surface area contributed by atoms with Gasteiger partial charge in [0.2, 0.25) is 0 Å². The molecule has 0 radical (unpaired) electrons. The number of hydrogen-bond acceptors (Lipinski definition) is 4. The minimum atomic E-state index is 0.775. The molecule has 1 aromatic heterocycles. The number of aryl methyl sites for hydroxylation is 1. The molecule has 0 atom stereocenters. The van der Waals surface area contributed by atoms with Crippen molar-refractivity contribution < 1.29 is 0 Å². The van der Waals surface area contributed by atoms with Crippen molar-refractivity contribution in [1.82, 2.24) is 9.97 Å². The summed E-state index contributed by atoms with van der Waals surface area (Å²) in [6, 6.07) is 12.3. The Bertz CT molecular complexity index is 510. The molecule has 0 spiro atoms. The van der Waals surface area contributed by atoms with Gasteiger partial charge in [0.1, 0.15) is 17.5 Å². The zero-order valence-corrected chi connectivity index (χ0v) is 11.0. The molecule has 2 aromatic rings. The first-order valence-electron chi connectivity index (χ1n) is 5.97. The molecule has 0 unspecified atom stereocenters. The van der Waals surface area contributed by atoms with Crippen LogP contribution >= 0.6 is 0 Å². The lowest BCUT2D eigenvalue weighted by atomic mass is 10.2. The highest BCUT2D eigenvalue weighted by atomic mass is 15.2. The number of nitrogens with zero attached hydrogens (tertiary/aromatic N) is 3. The number of nitrogens with one attached hydrogen (secondary N) is 1. The SMILES string of the molecule is CNc1cc(N(C)Cc2ccccc2)nc(C)n1. The zero-order chi connectivity index (χ0) is 13.0. The average molecular weight is 242 g/mol. The molecule has 0 aliphatic carbocycles. The number of hydrogen-bond donors (Lipinski definition) is 1. The van der Waals surface area contributed by atoms with E-state index in [0.29, 0.717) is 0 Å². The van der Waals surface area contributed by atoms with Crippen LogP contribution in [0.25, 0.3) is 0 Å². The molecular formula is C14H18N4. The quantitative estimate of drug-likeness (QED) is 0.894. The first kappa shape index (κ1) is 12.4. The van der Waals surface area contributed by atoms with Gasteiger partial charge in [0.05, 0.1) is 0 Å². The summed E-state index contributed by atoms with van der Waals surface area (Å²) in [5, 5.41) is 3.05. The summed E-state index contributed by atoms with van der Waals surface area (Å²) in [5.74, 6) is 2.55. The normalized spacial score (nSPS) is 10.2. The van der Waals surface area contributed by atoms with E-state index in [0.717, 1.165) is 24.0 Å². The third-order valence-corrected chi connectivity index (χ3v) is 2.73. The van der Waals surface area contributed by atoms with Gasteiger partial charge in [0.25, 0.3) is 0 Å². The predicted octanol–water partition coefficient (Wildman–Crippen LogP) is 2.46. The van der Waals surface area contributed by atoms with Crippen molar-refractivity contribution in [2.45, 2.75) is 13.5 Å². The summed E-state index contributed by atoms with van der Waals surface area (Å²) in [7, 11) is 3.90. The fourth-order valence-corrected chi connectivity index (χ4v) is 1.81. The minimum absolute atomic E-state index is 0.775. The lowest BCUT2D eigenvalue weighted by Gasteiger charge is -2.19. The molecule has 4 nitrogen and oxygen atoms in total. The summed E-state index contributed by atoms with van der Waals surface area (Å²) in [6.07, 6.45) is 0. The predicted molar refractivity (Wildman–Crippen MR) is 74.9 cm³/mol. The Balaban J connectivity index is 2.18. The van der Waals surface area contributed by atoms with Crippen LogP contribution in [0.1, 0.15) is 11.4 Å². The van der Waals surface area contributed by atoms with Gasteiger partial charge in [-0.05, 0) is 12.5 Å². The summed E-state index contributed by atoms with van der Waals surface area (Å²) in [6.45, 7) is 2.74. The van der Waals surface area contributed by atoms with Gasteiger partial charge in [0.15, 0.2) is 0 Å². The largest absolute Gasteiger partial charge is 0.373 e. The van der Waals surface area contributed by atoms with Crippen LogP contribution in [-0.2, 0) is 6.54 Å². The maximum atomic E-state index is 4.45. The number of rotatable bonds is 4. The molecule has 4 heteroatoms. The lowest BCUT2D eigenvalue weighted by molar-refractivity contribution is 0.880.